The Labute approximate surface area is 61.2 Å². The molecule has 1 heterocycles. The Morgan fingerprint density at radius 2 is 2.10 bits per heavy atom. The van der Waals surface area contributed by atoms with Crippen molar-refractivity contribution in [1.82, 2.24) is 0 Å². The van der Waals surface area contributed by atoms with Crippen LogP contribution >= 0.6 is 0 Å². The Hall–Kier alpha value is -0.0800. The van der Waals surface area contributed by atoms with Gasteiger partial charge in [0, 0.05) is 17.9 Å². The van der Waals surface area contributed by atoms with Crippen LogP contribution in [0.2, 0.25) is 0 Å². The number of hydrogen-bond donors (Lipinski definition) is 1. The molecule has 2 aliphatic rings. The van der Waals surface area contributed by atoms with E-state index in [1.54, 1.807) is 0 Å². The summed E-state index contributed by atoms with van der Waals surface area (Å²) >= 11 is 0. The fourth-order valence-electron chi connectivity index (χ4n) is 1.92. The van der Waals surface area contributed by atoms with Crippen molar-refractivity contribution in [2.75, 3.05) is 19.8 Å². The van der Waals surface area contributed by atoms with Crippen LogP contribution in [0.25, 0.3) is 0 Å². The van der Waals surface area contributed by atoms with E-state index in [0.29, 0.717) is 12.5 Å². The zero-order chi connectivity index (χ0) is 7.03. The summed E-state index contributed by atoms with van der Waals surface area (Å²) in [7, 11) is 0. The van der Waals surface area contributed by atoms with Crippen LogP contribution in [0.3, 0.4) is 0 Å². The lowest BCUT2D eigenvalue weighted by Crippen LogP contribution is -2.49. The number of hydrogen-bond acceptors (Lipinski definition) is 2. The van der Waals surface area contributed by atoms with Crippen LogP contribution in [0, 0.1) is 11.3 Å². The van der Waals surface area contributed by atoms with E-state index in [1.807, 2.05) is 0 Å². The lowest BCUT2D eigenvalue weighted by atomic mass is 9.61. The minimum Gasteiger partial charge on any atom is -0.396 e. The molecule has 2 nitrogen and oxygen atoms in total. The molecule has 0 radical (unpaired) electrons. The highest BCUT2D eigenvalue weighted by atomic mass is 16.5. The summed E-state index contributed by atoms with van der Waals surface area (Å²) in [6.07, 6.45) is 3.74. The molecule has 0 aromatic rings. The van der Waals surface area contributed by atoms with E-state index in [0.717, 1.165) is 13.2 Å². The second-order valence-electron chi connectivity index (χ2n) is 3.61. The predicted octanol–water partition coefficient (Wildman–Crippen LogP) is 0.795. The fourth-order valence-corrected chi connectivity index (χ4v) is 1.92. The molecule has 0 spiro atoms. The highest BCUT2D eigenvalue weighted by molar-refractivity contribution is 4.95. The van der Waals surface area contributed by atoms with Crippen LogP contribution in [0.5, 0.6) is 0 Å². The van der Waals surface area contributed by atoms with Gasteiger partial charge in [0.15, 0.2) is 0 Å². The molecule has 1 aliphatic heterocycles. The van der Waals surface area contributed by atoms with Gasteiger partial charge < -0.3 is 9.84 Å². The average molecular weight is 142 g/mol. The molecule has 0 bridgehead atoms. The Morgan fingerprint density at radius 3 is 2.20 bits per heavy atom. The maximum Gasteiger partial charge on any atom is 0.0522 e. The Kier molecular flexibility index (Phi) is 1.46. The van der Waals surface area contributed by atoms with Gasteiger partial charge >= 0.3 is 0 Å². The van der Waals surface area contributed by atoms with Gasteiger partial charge in [-0.15, -0.1) is 0 Å². The normalized spacial score (nSPS) is 30.9. The molecule has 0 aromatic carbocycles. The van der Waals surface area contributed by atoms with E-state index in [1.165, 1.54) is 19.3 Å². The third-order valence-electron chi connectivity index (χ3n) is 3.17. The highest BCUT2D eigenvalue weighted by Gasteiger charge is 2.46. The zero-order valence-corrected chi connectivity index (χ0v) is 6.18. The fraction of sp³-hybridized carbons (Fsp3) is 1.00. The third kappa shape index (κ3) is 0.722. The standard InChI is InChI=1S/C8H14O2/c9-6-8(2-1-3-8)7-4-10-5-7/h7,9H,1-6H2. The molecule has 10 heavy (non-hydrogen) atoms. The summed E-state index contributed by atoms with van der Waals surface area (Å²) in [5, 5.41) is 9.12. The van der Waals surface area contributed by atoms with E-state index >= 15 is 0 Å². The van der Waals surface area contributed by atoms with Crippen molar-refractivity contribution in [2.45, 2.75) is 19.3 Å². The van der Waals surface area contributed by atoms with Crippen LogP contribution in [0.1, 0.15) is 19.3 Å². The third-order valence-corrected chi connectivity index (χ3v) is 3.17. The number of rotatable bonds is 2. The van der Waals surface area contributed by atoms with E-state index < -0.39 is 0 Å². The SMILES string of the molecule is OCC1(C2COC2)CCC1. The molecule has 0 atom stereocenters. The van der Waals surface area contributed by atoms with Gasteiger partial charge in [-0.3, -0.25) is 0 Å². The second-order valence-corrected chi connectivity index (χ2v) is 3.61. The predicted molar refractivity (Wildman–Crippen MR) is 37.7 cm³/mol. The molecule has 1 N–H and O–H groups in total. The molecule has 0 aromatic heterocycles. The first kappa shape index (κ1) is 6.62. The Morgan fingerprint density at radius 1 is 1.40 bits per heavy atom. The van der Waals surface area contributed by atoms with Crippen LogP contribution < -0.4 is 0 Å². The lowest BCUT2D eigenvalue weighted by Gasteiger charge is -2.50. The van der Waals surface area contributed by atoms with Crippen molar-refractivity contribution in [3.63, 3.8) is 0 Å². The second kappa shape index (κ2) is 2.21. The van der Waals surface area contributed by atoms with Crippen molar-refractivity contribution in [3.8, 4) is 0 Å². The zero-order valence-electron chi connectivity index (χ0n) is 6.18. The summed E-state index contributed by atoms with van der Waals surface area (Å²) in [6, 6.07) is 0. The maximum atomic E-state index is 9.12. The van der Waals surface area contributed by atoms with Crippen LogP contribution in [-0.4, -0.2) is 24.9 Å². The Bertz CT molecular complexity index is 120. The Balaban J connectivity index is 1.96. The van der Waals surface area contributed by atoms with E-state index in [4.69, 9.17) is 9.84 Å². The molecular weight excluding hydrogens is 128 g/mol. The first-order valence-corrected chi connectivity index (χ1v) is 4.06. The van der Waals surface area contributed by atoms with Crippen LogP contribution in [0.4, 0.5) is 0 Å². The molecule has 2 heteroatoms. The highest BCUT2D eigenvalue weighted by Crippen LogP contribution is 2.49. The average Bonchev–Trinajstić information content (AvgIpc) is 1.73. The quantitative estimate of drug-likeness (QED) is 0.617. The van der Waals surface area contributed by atoms with E-state index in [-0.39, 0.29) is 5.41 Å². The van der Waals surface area contributed by atoms with Gasteiger partial charge in [-0.05, 0) is 12.8 Å². The number of aliphatic hydroxyl groups is 1. The smallest absolute Gasteiger partial charge is 0.0522 e. The monoisotopic (exact) mass is 142 g/mol. The van der Waals surface area contributed by atoms with Gasteiger partial charge in [0.2, 0.25) is 0 Å². The van der Waals surface area contributed by atoms with E-state index in [9.17, 15) is 0 Å². The summed E-state index contributed by atoms with van der Waals surface area (Å²) in [4.78, 5) is 0. The lowest BCUT2D eigenvalue weighted by molar-refractivity contribution is -0.145. The molecule has 0 unspecified atom stereocenters. The largest absolute Gasteiger partial charge is 0.396 e. The minimum absolute atomic E-state index is 0.290. The number of aliphatic hydroxyl groups excluding tert-OH is 1. The van der Waals surface area contributed by atoms with Gasteiger partial charge in [0.05, 0.1) is 13.2 Å². The minimum atomic E-state index is 0.290. The van der Waals surface area contributed by atoms with Crippen LogP contribution in [0.15, 0.2) is 0 Å². The van der Waals surface area contributed by atoms with Gasteiger partial charge in [0.25, 0.3) is 0 Å². The topological polar surface area (TPSA) is 29.5 Å². The van der Waals surface area contributed by atoms with Crippen molar-refractivity contribution < 1.29 is 9.84 Å². The van der Waals surface area contributed by atoms with Gasteiger partial charge in [0.1, 0.15) is 0 Å². The molecule has 2 fully saturated rings. The van der Waals surface area contributed by atoms with Gasteiger partial charge in [-0.1, -0.05) is 6.42 Å². The van der Waals surface area contributed by atoms with Gasteiger partial charge in [-0.25, -0.2) is 0 Å². The summed E-state index contributed by atoms with van der Waals surface area (Å²) in [6.45, 7) is 2.15. The summed E-state index contributed by atoms with van der Waals surface area (Å²) < 4.78 is 5.11. The van der Waals surface area contributed by atoms with Crippen molar-refractivity contribution in [3.05, 3.63) is 0 Å². The van der Waals surface area contributed by atoms with Gasteiger partial charge in [-0.2, -0.15) is 0 Å². The summed E-state index contributed by atoms with van der Waals surface area (Å²) in [5.41, 5.74) is 0.290. The maximum absolute atomic E-state index is 9.12. The molecule has 2 rings (SSSR count). The van der Waals surface area contributed by atoms with Crippen molar-refractivity contribution in [2.24, 2.45) is 11.3 Å². The van der Waals surface area contributed by atoms with Crippen LogP contribution in [-0.2, 0) is 4.74 Å². The van der Waals surface area contributed by atoms with Crippen molar-refractivity contribution >= 4 is 0 Å². The number of ether oxygens (including phenoxy) is 1. The molecule has 1 saturated heterocycles. The molecule has 58 valence electrons. The summed E-state index contributed by atoms with van der Waals surface area (Å²) in [5.74, 6) is 0.672. The molecular formula is C8H14O2. The first-order chi connectivity index (χ1) is 4.87. The van der Waals surface area contributed by atoms with Crippen molar-refractivity contribution in [1.29, 1.82) is 0 Å². The van der Waals surface area contributed by atoms with E-state index in [2.05, 4.69) is 0 Å². The molecule has 1 aliphatic carbocycles. The first-order valence-electron chi connectivity index (χ1n) is 4.06. The molecule has 1 saturated carbocycles. The molecule has 0 amide bonds.